The zero-order valence-electron chi connectivity index (χ0n) is 13.6. The van der Waals surface area contributed by atoms with Gasteiger partial charge in [0, 0.05) is 11.6 Å². The molecule has 0 atom stereocenters. The summed E-state index contributed by atoms with van der Waals surface area (Å²) >= 11 is 0. The van der Waals surface area contributed by atoms with Gasteiger partial charge in [0.05, 0.1) is 23.1 Å². The molecular formula is C20H19N3O. The van der Waals surface area contributed by atoms with Gasteiger partial charge in [-0.3, -0.25) is 4.79 Å². The van der Waals surface area contributed by atoms with E-state index in [2.05, 4.69) is 23.4 Å². The molecule has 0 radical (unpaired) electrons. The molecule has 1 aliphatic carbocycles. The van der Waals surface area contributed by atoms with E-state index >= 15 is 0 Å². The van der Waals surface area contributed by atoms with Gasteiger partial charge in [0.25, 0.3) is 5.91 Å². The van der Waals surface area contributed by atoms with Crippen LogP contribution in [0.4, 0.5) is 0 Å². The van der Waals surface area contributed by atoms with Crippen LogP contribution < -0.4 is 5.32 Å². The first-order valence-corrected chi connectivity index (χ1v) is 8.24. The SMILES string of the molecule is Cc1ccccc1-n1ncc(C(=O)NC2CC2)c1-c1ccccc1. The van der Waals surface area contributed by atoms with Crippen molar-refractivity contribution in [3.8, 4) is 16.9 Å². The summed E-state index contributed by atoms with van der Waals surface area (Å²) in [5.74, 6) is -0.0452. The van der Waals surface area contributed by atoms with Crippen LogP contribution >= 0.6 is 0 Å². The van der Waals surface area contributed by atoms with Crippen LogP contribution in [-0.4, -0.2) is 21.7 Å². The topological polar surface area (TPSA) is 46.9 Å². The summed E-state index contributed by atoms with van der Waals surface area (Å²) in [6.45, 7) is 2.05. The molecular weight excluding hydrogens is 298 g/mol. The van der Waals surface area contributed by atoms with Gasteiger partial charge in [0.15, 0.2) is 0 Å². The third kappa shape index (κ3) is 2.71. The van der Waals surface area contributed by atoms with E-state index in [1.54, 1.807) is 6.20 Å². The van der Waals surface area contributed by atoms with Gasteiger partial charge in [-0.2, -0.15) is 5.10 Å². The lowest BCUT2D eigenvalue weighted by Gasteiger charge is -2.12. The Kier molecular flexibility index (Phi) is 3.65. The summed E-state index contributed by atoms with van der Waals surface area (Å²) in [4.78, 5) is 12.7. The lowest BCUT2D eigenvalue weighted by molar-refractivity contribution is 0.0951. The molecule has 4 rings (SSSR count). The summed E-state index contributed by atoms with van der Waals surface area (Å²) in [5.41, 5.74) is 4.55. The number of aryl methyl sites for hydroxylation is 1. The maximum absolute atomic E-state index is 12.7. The average molecular weight is 317 g/mol. The van der Waals surface area contributed by atoms with E-state index in [0.29, 0.717) is 11.6 Å². The Labute approximate surface area is 141 Å². The molecule has 0 aliphatic heterocycles. The summed E-state index contributed by atoms with van der Waals surface area (Å²) in [7, 11) is 0. The van der Waals surface area contributed by atoms with Gasteiger partial charge in [-0.1, -0.05) is 48.5 Å². The Bertz CT molecular complexity index is 879. The molecule has 120 valence electrons. The molecule has 1 aromatic heterocycles. The first kappa shape index (κ1) is 14.7. The zero-order chi connectivity index (χ0) is 16.5. The van der Waals surface area contributed by atoms with Crippen molar-refractivity contribution in [1.29, 1.82) is 0 Å². The van der Waals surface area contributed by atoms with E-state index in [1.165, 1.54) is 0 Å². The van der Waals surface area contributed by atoms with Gasteiger partial charge in [-0.05, 0) is 31.4 Å². The average Bonchev–Trinajstić information content (AvgIpc) is 3.31. The van der Waals surface area contributed by atoms with E-state index in [0.717, 1.165) is 35.3 Å². The number of hydrogen-bond acceptors (Lipinski definition) is 2. The second kappa shape index (κ2) is 5.96. The molecule has 1 amide bonds. The number of hydrogen-bond donors (Lipinski definition) is 1. The molecule has 24 heavy (non-hydrogen) atoms. The third-order valence-corrected chi connectivity index (χ3v) is 4.32. The lowest BCUT2D eigenvalue weighted by atomic mass is 10.1. The number of aromatic nitrogens is 2. The summed E-state index contributed by atoms with van der Waals surface area (Å²) in [6, 6.07) is 18.4. The van der Waals surface area contributed by atoms with Crippen molar-refractivity contribution in [2.75, 3.05) is 0 Å². The number of amides is 1. The molecule has 1 heterocycles. The molecule has 1 saturated carbocycles. The van der Waals surface area contributed by atoms with Gasteiger partial charge >= 0.3 is 0 Å². The highest BCUT2D eigenvalue weighted by molar-refractivity contribution is 6.00. The maximum Gasteiger partial charge on any atom is 0.255 e. The molecule has 0 saturated heterocycles. The molecule has 0 unspecified atom stereocenters. The predicted molar refractivity (Wildman–Crippen MR) is 94.2 cm³/mol. The monoisotopic (exact) mass is 317 g/mol. The smallest absolute Gasteiger partial charge is 0.255 e. The third-order valence-electron chi connectivity index (χ3n) is 4.32. The number of para-hydroxylation sites is 1. The highest BCUT2D eigenvalue weighted by Gasteiger charge is 2.27. The minimum absolute atomic E-state index is 0.0452. The minimum Gasteiger partial charge on any atom is -0.349 e. The van der Waals surface area contributed by atoms with Crippen molar-refractivity contribution < 1.29 is 4.79 Å². The van der Waals surface area contributed by atoms with E-state index in [4.69, 9.17) is 0 Å². The molecule has 4 heteroatoms. The van der Waals surface area contributed by atoms with Crippen molar-refractivity contribution in [3.05, 3.63) is 71.9 Å². The predicted octanol–water partition coefficient (Wildman–Crippen LogP) is 3.74. The fourth-order valence-corrected chi connectivity index (χ4v) is 2.86. The fourth-order valence-electron chi connectivity index (χ4n) is 2.86. The Morgan fingerprint density at radius 1 is 1.08 bits per heavy atom. The number of carbonyl (C=O) groups is 1. The molecule has 4 nitrogen and oxygen atoms in total. The molecule has 0 spiro atoms. The number of carbonyl (C=O) groups excluding carboxylic acids is 1. The van der Waals surface area contributed by atoms with Gasteiger partial charge in [0.1, 0.15) is 0 Å². The number of rotatable bonds is 4. The van der Waals surface area contributed by atoms with Crippen molar-refractivity contribution in [2.45, 2.75) is 25.8 Å². The number of nitrogens with one attached hydrogen (secondary N) is 1. The molecule has 1 aliphatic rings. The molecule has 2 aromatic carbocycles. The molecule has 1 N–H and O–H groups in total. The quantitative estimate of drug-likeness (QED) is 0.797. The van der Waals surface area contributed by atoms with Crippen LogP contribution in [0, 0.1) is 6.92 Å². The van der Waals surface area contributed by atoms with Crippen LogP contribution in [0.15, 0.2) is 60.8 Å². The normalized spacial score (nSPS) is 13.7. The van der Waals surface area contributed by atoms with E-state index < -0.39 is 0 Å². The molecule has 3 aromatic rings. The van der Waals surface area contributed by atoms with Gasteiger partial charge in [-0.15, -0.1) is 0 Å². The van der Waals surface area contributed by atoms with Crippen LogP contribution in [0.3, 0.4) is 0 Å². The Balaban J connectivity index is 1.86. The fraction of sp³-hybridized carbons (Fsp3) is 0.200. The first-order chi connectivity index (χ1) is 11.7. The Morgan fingerprint density at radius 2 is 1.79 bits per heavy atom. The van der Waals surface area contributed by atoms with Crippen molar-refractivity contribution in [1.82, 2.24) is 15.1 Å². The standard InChI is InChI=1S/C20H19N3O/c1-14-7-5-6-10-18(14)23-19(15-8-3-2-4-9-15)17(13-21-23)20(24)22-16-11-12-16/h2-10,13,16H,11-12H2,1H3,(H,22,24). The Morgan fingerprint density at radius 3 is 2.50 bits per heavy atom. The maximum atomic E-state index is 12.7. The number of nitrogens with zero attached hydrogens (tertiary/aromatic N) is 2. The summed E-state index contributed by atoms with van der Waals surface area (Å²) < 4.78 is 1.87. The van der Waals surface area contributed by atoms with Crippen molar-refractivity contribution >= 4 is 5.91 Å². The highest BCUT2D eigenvalue weighted by atomic mass is 16.1. The van der Waals surface area contributed by atoms with Crippen LogP contribution in [0.25, 0.3) is 16.9 Å². The van der Waals surface area contributed by atoms with Gasteiger partial charge in [0.2, 0.25) is 0 Å². The number of benzene rings is 2. The molecule has 1 fully saturated rings. The molecule has 0 bridgehead atoms. The second-order valence-corrected chi connectivity index (χ2v) is 6.22. The van der Waals surface area contributed by atoms with Crippen molar-refractivity contribution in [3.63, 3.8) is 0 Å². The van der Waals surface area contributed by atoms with Crippen LogP contribution in [-0.2, 0) is 0 Å². The van der Waals surface area contributed by atoms with Crippen LogP contribution in [0.1, 0.15) is 28.8 Å². The van der Waals surface area contributed by atoms with Gasteiger partial charge < -0.3 is 5.32 Å². The first-order valence-electron chi connectivity index (χ1n) is 8.24. The van der Waals surface area contributed by atoms with E-state index in [9.17, 15) is 4.79 Å². The highest BCUT2D eigenvalue weighted by Crippen LogP contribution is 2.29. The van der Waals surface area contributed by atoms with Gasteiger partial charge in [-0.25, -0.2) is 4.68 Å². The summed E-state index contributed by atoms with van der Waals surface area (Å²) in [5, 5.41) is 7.60. The van der Waals surface area contributed by atoms with E-state index in [1.807, 2.05) is 53.2 Å². The van der Waals surface area contributed by atoms with Crippen LogP contribution in [0.2, 0.25) is 0 Å². The second-order valence-electron chi connectivity index (χ2n) is 6.22. The van der Waals surface area contributed by atoms with Crippen molar-refractivity contribution in [2.24, 2.45) is 0 Å². The lowest BCUT2D eigenvalue weighted by Crippen LogP contribution is -2.25. The Hall–Kier alpha value is -2.88. The zero-order valence-corrected chi connectivity index (χ0v) is 13.6. The minimum atomic E-state index is -0.0452. The largest absolute Gasteiger partial charge is 0.349 e. The van der Waals surface area contributed by atoms with E-state index in [-0.39, 0.29) is 5.91 Å². The summed E-state index contributed by atoms with van der Waals surface area (Å²) in [6.07, 6.45) is 3.81. The van der Waals surface area contributed by atoms with Crippen LogP contribution in [0.5, 0.6) is 0 Å².